The van der Waals surface area contributed by atoms with Crippen LogP contribution in [0.2, 0.25) is 0 Å². The SMILES string of the molecule is CC[C@@H](N)c1ccc(SC2CCCC2)cc1. The third-order valence-electron chi connectivity index (χ3n) is 3.35. The van der Waals surface area contributed by atoms with Crippen LogP contribution in [0, 0.1) is 0 Å². The van der Waals surface area contributed by atoms with Crippen LogP contribution in [-0.2, 0) is 0 Å². The lowest BCUT2D eigenvalue weighted by Gasteiger charge is -2.11. The Morgan fingerprint density at radius 3 is 2.44 bits per heavy atom. The molecule has 0 bridgehead atoms. The van der Waals surface area contributed by atoms with Crippen molar-refractivity contribution >= 4 is 11.8 Å². The van der Waals surface area contributed by atoms with Crippen molar-refractivity contribution in [1.29, 1.82) is 0 Å². The van der Waals surface area contributed by atoms with Crippen LogP contribution in [0.3, 0.4) is 0 Å². The van der Waals surface area contributed by atoms with Crippen molar-refractivity contribution in [3.05, 3.63) is 29.8 Å². The third-order valence-corrected chi connectivity index (χ3v) is 4.70. The van der Waals surface area contributed by atoms with Gasteiger partial charge in [0.05, 0.1) is 0 Å². The summed E-state index contributed by atoms with van der Waals surface area (Å²) in [7, 11) is 0. The van der Waals surface area contributed by atoms with Gasteiger partial charge in [-0.2, -0.15) is 0 Å². The highest BCUT2D eigenvalue weighted by Crippen LogP contribution is 2.34. The Balaban J connectivity index is 1.96. The van der Waals surface area contributed by atoms with Crippen LogP contribution in [0.25, 0.3) is 0 Å². The second-order valence-electron chi connectivity index (χ2n) is 4.61. The zero-order valence-electron chi connectivity index (χ0n) is 9.99. The lowest BCUT2D eigenvalue weighted by Crippen LogP contribution is -2.08. The molecule has 16 heavy (non-hydrogen) atoms. The fourth-order valence-electron chi connectivity index (χ4n) is 2.23. The minimum Gasteiger partial charge on any atom is -0.324 e. The van der Waals surface area contributed by atoms with Crippen molar-refractivity contribution in [2.45, 2.75) is 55.2 Å². The molecule has 0 aliphatic heterocycles. The fraction of sp³-hybridized carbons (Fsp3) is 0.571. The molecule has 1 aliphatic rings. The number of nitrogens with two attached hydrogens (primary N) is 1. The molecule has 0 unspecified atom stereocenters. The summed E-state index contributed by atoms with van der Waals surface area (Å²) in [6.45, 7) is 2.13. The molecule has 2 heteroatoms. The van der Waals surface area contributed by atoms with E-state index in [2.05, 4.69) is 31.2 Å². The van der Waals surface area contributed by atoms with Crippen molar-refractivity contribution in [3.8, 4) is 0 Å². The zero-order valence-corrected chi connectivity index (χ0v) is 10.8. The van der Waals surface area contributed by atoms with E-state index in [4.69, 9.17) is 5.73 Å². The third kappa shape index (κ3) is 3.02. The molecule has 2 N–H and O–H groups in total. The van der Waals surface area contributed by atoms with Crippen LogP contribution < -0.4 is 5.73 Å². The van der Waals surface area contributed by atoms with Crippen LogP contribution in [0.1, 0.15) is 50.6 Å². The quantitative estimate of drug-likeness (QED) is 0.849. The Bertz CT molecular complexity index is 314. The minimum absolute atomic E-state index is 0.200. The first-order valence-corrected chi connectivity index (χ1v) is 7.19. The van der Waals surface area contributed by atoms with E-state index in [0.29, 0.717) is 0 Å². The molecular formula is C14H21NS. The standard InChI is InChI=1S/C14H21NS/c1-2-14(15)11-7-9-13(10-8-11)16-12-5-3-4-6-12/h7-10,12,14H,2-6,15H2,1H3/t14-/m1/s1. The van der Waals surface area contributed by atoms with Gasteiger partial charge < -0.3 is 5.73 Å². The fourth-order valence-corrected chi connectivity index (χ4v) is 3.48. The number of hydrogen-bond donors (Lipinski definition) is 1. The topological polar surface area (TPSA) is 26.0 Å². The van der Waals surface area contributed by atoms with Gasteiger partial charge in [0.1, 0.15) is 0 Å². The van der Waals surface area contributed by atoms with Gasteiger partial charge in [-0.15, -0.1) is 11.8 Å². The Hall–Kier alpha value is -0.470. The van der Waals surface area contributed by atoms with Crippen LogP contribution in [0.5, 0.6) is 0 Å². The maximum Gasteiger partial charge on any atom is 0.0292 e. The molecule has 1 aliphatic carbocycles. The summed E-state index contributed by atoms with van der Waals surface area (Å²) in [5, 5.41) is 0.852. The molecule has 1 fully saturated rings. The predicted octanol–water partition coefficient (Wildman–Crippen LogP) is 4.13. The lowest BCUT2D eigenvalue weighted by atomic mass is 10.1. The van der Waals surface area contributed by atoms with E-state index in [-0.39, 0.29) is 6.04 Å². The summed E-state index contributed by atoms with van der Waals surface area (Å²) in [6, 6.07) is 9.03. The van der Waals surface area contributed by atoms with Crippen molar-refractivity contribution in [2.75, 3.05) is 0 Å². The van der Waals surface area contributed by atoms with Crippen LogP contribution in [0.4, 0.5) is 0 Å². The highest BCUT2D eigenvalue weighted by molar-refractivity contribution is 8.00. The summed E-state index contributed by atoms with van der Waals surface area (Å²) in [4.78, 5) is 1.40. The van der Waals surface area contributed by atoms with Crippen molar-refractivity contribution in [1.82, 2.24) is 0 Å². The van der Waals surface area contributed by atoms with Gasteiger partial charge >= 0.3 is 0 Å². The Labute approximate surface area is 103 Å². The van der Waals surface area contributed by atoms with E-state index < -0.39 is 0 Å². The summed E-state index contributed by atoms with van der Waals surface area (Å²) in [5.41, 5.74) is 7.26. The van der Waals surface area contributed by atoms with Gasteiger partial charge in [0, 0.05) is 16.2 Å². The number of rotatable bonds is 4. The zero-order chi connectivity index (χ0) is 11.4. The van der Waals surface area contributed by atoms with Crippen LogP contribution in [-0.4, -0.2) is 5.25 Å². The van der Waals surface area contributed by atoms with Crippen LogP contribution in [0.15, 0.2) is 29.2 Å². The minimum atomic E-state index is 0.200. The summed E-state index contributed by atoms with van der Waals surface area (Å²) in [6.07, 6.45) is 6.61. The number of hydrogen-bond acceptors (Lipinski definition) is 2. The highest BCUT2D eigenvalue weighted by Gasteiger charge is 2.15. The van der Waals surface area contributed by atoms with E-state index in [1.165, 1.54) is 36.1 Å². The second-order valence-corrected chi connectivity index (χ2v) is 5.98. The number of benzene rings is 1. The van der Waals surface area contributed by atoms with Gasteiger partial charge in [-0.05, 0) is 37.0 Å². The van der Waals surface area contributed by atoms with E-state index in [0.717, 1.165) is 11.7 Å². The maximum atomic E-state index is 6.00. The molecule has 1 atom stereocenters. The largest absolute Gasteiger partial charge is 0.324 e. The molecule has 0 aromatic heterocycles. The Kier molecular flexibility index (Phi) is 4.30. The van der Waals surface area contributed by atoms with Gasteiger partial charge in [-0.1, -0.05) is 31.9 Å². The van der Waals surface area contributed by atoms with E-state index in [1.807, 2.05) is 11.8 Å². The first-order valence-electron chi connectivity index (χ1n) is 6.32. The summed E-state index contributed by atoms with van der Waals surface area (Å²) in [5.74, 6) is 0. The van der Waals surface area contributed by atoms with Gasteiger partial charge in [-0.25, -0.2) is 0 Å². The molecule has 0 amide bonds. The molecule has 1 nitrogen and oxygen atoms in total. The molecular weight excluding hydrogens is 214 g/mol. The molecule has 1 saturated carbocycles. The van der Waals surface area contributed by atoms with Gasteiger partial charge in [0.25, 0.3) is 0 Å². The molecule has 1 aromatic carbocycles. The van der Waals surface area contributed by atoms with E-state index in [1.54, 1.807) is 0 Å². The molecule has 0 heterocycles. The van der Waals surface area contributed by atoms with Gasteiger partial charge in [0.15, 0.2) is 0 Å². The average Bonchev–Trinajstić information content (AvgIpc) is 2.82. The first-order chi connectivity index (χ1) is 7.79. The molecule has 0 spiro atoms. The molecule has 1 aromatic rings. The van der Waals surface area contributed by atoms with Gasteiger partial charge in [0.2, 0.25) is 0 Å². The Morgan fingerprint density at radius 1 is 1.25 bits per heavy atom. The van der Waals surface area contributed by atoms with Crippen LogP contribution >= 0.6 is 11.8 Å². The second kappa shape index (κ2) is 5.74. The van der Waals surface area contributed by atoms with E-state index >= 15 is 0 Å². The van der Waals surface area contributed by atoms with E-state index in [9.17, 15) is 0 Å². The van der Waals surface area contributed by atoms with Crippen molar-refractivity contribution < 1.29 is 0 Å². The smallest absolute Gasteiger partial charge is 0.0292 e. The lowest BCUT2D eigenvalue weighted by molar-refractivity contribution is 0.698. The molecule has 0 saturated heterocycles. The maximum absolute atomic E-state index is 6.00. The Morgan fingerprint density at radius 2 is 1.88 bits per heavy atom. The van der Waals surface area contributed by atoms with Crippen molar-refractivity contribution in [2.24, 2.45) is 5.73 Å². The summed E-state index contributed by atoms with van der Waals surface area (Å²) < 4.78 is 0. The first kappa shape index (κ1) is 12.0. The normalized spacial score (nSPS) is 18.9. The molecule has 2 rings (SSSR count). The van der Waals surface area contributed by atoms with Crippen molar-refractivity contribution in [3.63, 3.8) is 0 Å². The average molecular weight is 235 g/mol. The number of thioether (sulfide) groups is 1. The molecule has 88 valence electrons. The monoisotopic (exact) mass is 235 g/mol. The molecule has 0 radical (unpaired) electrons. The summed E-state index contributed by atoms with van der Waals surface area (Å²) >= 11 is 2.04. The highest BCUT2D eigenvalue weighted by atomic mass is 32.2. The van der Waals surface area contributed by atoms with Gasteiger partial charge in [-0.3, -0.25) is 0 Å². The predicted molar refractivity (Wildman–Crippen MR) is 71.8 cm³/mol.